The summed E-state index contributed by atoms with van der Waals surface area (Å²) in [7, 11) is 0. The fourth-order valence-electron chi connectivity index (χ4n) is 3.04. The molecule has 3 heteroatoms. The predicted octanol–water partition coefficient (Wildman–Crippen LogP) is 3.08. The number of carbonyl (C=O) groups is 1. The van der Waals surface area contributed by atoms with Crippen LogP contribution in [-0.4, -0.2) is 29.4 Å². The molecule has 1 saturated heterocycles. The first-order valence-electron chi connectivity index (χ1n) is 8.11. The zero-order valence-electron chi connectivity index (χ0n) is 13.5. The van der Waals surface area contributed by atoms with Crippen LogP contribution in [0.5, 0.6) is 0 Å². The first kappa shape index (κ1) is 16.0. The maximum atomic E-state index is 12.3. The Morgan fingerprint density at radius 1 is 1.33 bits per heavy atom. The molecule has 0 aromatic heterocycles. The number of nitrogens with two attached hydrogens (primary N) is 1. The van der Waals surface area contributed by atoms with E-state index in [1.54, 1.807) is 0 Å². The quantitative estimate of drug-likeness (QED) is 0.925. The van der Waals surface area contributed by atoms with E-state index in [0.29, 0.717) is 12.3 Å². The summed E-state index contributed by atoms with van der Waals surface area (Å²) in [6.07, 6.45) is 3.28. The molecule has 21 heavy (non-hydrogen) atoms. The van der Waals surface area contributed by atoms with Crippen LogP contribution in [0, 0.1) is 0 Å². The third-order valence-corrected chi connectivity index (χ3v) is 4.51. The second kappa shape index (κ2) is 7.08. The summed E-state index contributed by atoms with van der Waals surface area (Å²) in [5, 5.41) is 0. The predicted molar refractivity (Wildman–Crippen MR) is 87.2 cm³/mol. The largest absolute Gasteiger partial charge is 0.340 e. The van der Waals surface area contributed by atoms with Crippen LogP contribution in [0.2, 0.25) is 0 Å². The smallest absolute Gasteiger partial charge is 0.223 e. The van der Waals surface area contributed by atoms with E-state index in [0.717, 1.165) is 25.8 Å². The summed E-state index contributed by atoms with van der Waals surface area (Å²) < 4.78 is 0. The summed E-state index contributed by atoms with van der Waals surface area (Å²) in [4.78, 5) is 14.4. The van der Waals surface area contributed by atoms with Crippen LogP contribution in [-0.2, 0) is 11.2 Å². The molecule has 0 unspecified atom stereocenters. The van der Waals surface area contributed by atoms with Gasteiger partial charge in [0.05, 0.1) is 0 Å². The maximum absolute atomic E-state index is 12.3. The lowest BCUT2D eigenvalue weighted by molar-refractivity contribution is -0.134. The minimum Gasteiger partial charge on any atom is -0.340 e. The highest BCUT2D eigenvalue weighted by atomic mass is 16.2. The third-order valence-electron chi connectivity index (χ3n) is 4.51. The average molecular weight is 288 g/mol. The molecule has 0 bridgehead atoms. The zero-order valence-corrected chi connectivity index (χ0v) is 13.5. The molecule has 2 N–H and O–H groups in total. The Balaban J connectivity index is 1.86. The van der Waals surface area contributed by atoms with Crippen molar-refractivity contribution in [1.29, 1.82) is 0 Å². The molecule has 1 heterocycles. The van der Waals surface area contributed by atoms with E-state index >= 15 is 0 Å². The minimum absolute atomic E-state index is 0.257. The monoisotopic (exact) mass is 288 g/mol. The van der Waals surface area contributed by atoms with Crippen LogP contribution in [0.1, 0.15) is 57.1 Å². The number of nitrogens with zero attached hydrogens (tertiary/aromatic N) is 1. The molecule has 0 radical (unpaired) electrons. The van der Waals surface area contributed by atoms with Crippen LogP contribution in [0.3, 0.4) is 0 Å². The van der Waals surface area contributed by atoms with E-state index in [9.17, 15) is 4.79 Å². The fourth-order valence-corrected chi connectivity index (χ4v) is 3.04. The molecule has 1 fully saturated rings. The summed E-state index contributed by atoms with van der Waals surface area (Å²) in [5.74, 6) is 0.821. The molecule has 0 spiro atoms. The van der Waals surface area contributed by atoms with Crippen molar-refractivity contribution < 1.29 is 4.79 Å². The number of rotatable bonds is 4. The standard InChI is InChI=1S/C18H28N2O/c1-13(2)16-7-4-15(5-8-16)6-9-18(21)20-11-10-17(19)12-14(20)3/h4-5,7-8,13-14,17H,6,9-12,19H2,1-3H3/t14-,17+/m0/s1. The van der Waals surface area contributed by atoms with Gasteiger partial charge in [0.25, 0.3) is 0 Å². The summed E-state index contributed by atoms with van der Waals surface area (Å²) in [6, 6.07) is 9.19. The SMILES string of the molecule is CC(C)c1ccc(CCC(=O)N2CC[C@@H](N)C[C@@H]2C)cc1. The van der Waals surface area contributed by atoms with E-state index < -0.39 is 0 Å². The van der Waals surface area contributed by atoms with Crippen molar-refractivity contribution in [3.8, 4) is 0 Å². The van der Waals surface area contributed by atoms with Crippen LogP contribution in [0.25, 0.3) is 0 Å². The molecule has 3 nitrogen and oxygen atoms in total. The van der Waals surface area contributed by atoms with Crippen molar-refractivity contribution in [3.05, 3.63) is 35.4 Å². The minimum atomic E-state index is 0.257. The van der Waals surface area contributed by atoms with Crippen LogP contribution in [0.4, 0.5) is 0 Å². The molecule has 116 valence electrons. The highest BCUT2D eigenvalue weighted by Crippen LogP contribution is 2.19. The summed E-state index contributed by atoms with van der Waals surface area (Å²) in [5.41, 5.74) is 8.55. The molecular weight excluding hydrogens is 260 g/mol. The number of carbonyl (C=O) groups excluding carboxylic acids is 1. The molecule has 1 aromatic rings. The number of amides is 1. The van der Waals surface area contributed by atoms with Crippen LogP contribution in [0.15, 0.2) is 24.3 Å². The van der Waals surface area contributed by atoms with E-state index in [4.69, 9.17) is 5.73 Å². The summed E-state index contributed by atoms with van der Waals surface area (Å²) >= 11 is 0. The number of piperidine rings is 1. The van der Waals surface area contributed by atoms with Gasteiger partial charge < -0.3 is 10.6 Å². The van der Waals surface area contributed by atoms with Gasteiger partial charge in [-0.25, -0.2) is 0 Å². The maximum Gasteiger partial charge on any atom is 0.223 e. The highest BCUT2D eigenvalue weighted by Gasteiger charge is 2.26. The van der Waals surface area contributed by atoms with Gasteiger partial charge >= 0.3 is 0 Å². The zero-order chi connectivity index (χ0) is 15.4. The lowest BCUT2D eigenvalue weighted by Crippen LogP contribution is -2.48. The normalized spacial score (nSPS) is 22.6. The van der Waals surface area contributed by atoms with E-state index in [2.05, 4.69) is 45.0 Å². The Labute approximate surface area is 128 Å². The molecule has 1 aromatic carbocycles. The Morgan fingerprint density at radius 3 is 2.57 bits per heavy atom. The van der Waals surface area contributed by atoms with Crippen molar-refractivity contribution in [2.24, 2.45) is 5.73 Å². The lowest BCUT2D eigenvalue weighted by Gasteiger charge is -2.36. The molecule has 0 saturated carbocycles. The molecule has 1 amide bonds. The van der Waals surface area contributed by atoms with Gasteiger partial charge in [-0.3, -0.25) is 4.79 Å². The Morgan fingerprint density at radius 2 is 2.00 bits per heavy atom. The van der Waals surface area contributed by atoms with E-state index in [-0.39, 0.29) is 18.0 Å². The van der Waals surface area contributed by atoms with Gasteiger partial charge in [0.1, 0.15) is 0 Å². The van der Waals surface area contributed by atoms with Crippen molar-refractivity contribution in [2.45, 2.75) is 64.5 Å². The highest BCUT2D eigenvalue weighted by molar-refractivity contribution is 5.76. The first-order chi connectivity index (χ1) is 9.97. The fraction of sp³-hybridized carbons (Fsp3) is 0.611. The van der Waals surface area contributed by atoms with Gasteiger partial charge in [0.15, 0.2) is 0 Å². The molecular formula is C18H28N2O. The molecule has 2 rings (SSSR count). The van der Waals surface area contributed by atoms with Crippen LogP contribution < -0.4 is 5.73 Å². The molecule has 2 atom stereocenters. The van der Waals surface area contributed by atoms with Crippen LogP contribution >= 0.6 is 0 Å². The Bertz CT molecular complexity index is 467. The lowest BCUT2D eigenvalue weighted by atomic mass is 9.97. The Kier molecular flexibility index (Phi) is 5.40. The van der Waals surface area contributed by atoms with Crippen molar-refractivity contribution >= 4 is 5.91 Å². The third kappa shape index (κ3) is 4.31. The molecule has 1 aliphatic rings. The van der Waals surface area contributed by atoms with Crippen molar-refractivity contribution in [2.75, 3.05) is 6.54 Å². The van der Waals surface area contributed by atoms with E-state index in [1.165, 1.54) is 11.1 Å². The average Bonchev–Trinajstić information content (AvgIpc) is 2.45. The van der Waals surface area contributed by atoms with Gasteiger partial charge in [0.2, 0.25) is 5.91 Å². The first-order valence-corrected chi connectivity index (χ1v) is 8.11. The number of benzene rings is 1. The number of aryl methyl sites for hydroxylation is 1. The molecule has 1 aliphatic heterocycles. The molecule has 0 aliphatic carbocycles. The number of likely N-dealkylation sites (tertiary alicyclic amines) is 1. The summed E-state index contributed by atoms with van der Waals surface area (Å²) in [6.45, 7) is 7.31. The number of hydrogen-bond acceptors (Lipinski definition) is 2. The van der Waals surface area contributed by atoms with Gasteiger partial charge in [-0.05, 0) is 43.2 Å². The van der Waals surface area contributed by atoms with Crippen molar-refractivity contribution in [1.82, 2.24) is 4.90 Å². The van der Waals surface area contributed by atoms with Gasteiger partial charge in [0, 0.05) is 25.0 Å². The Hall–Kier alpha value is -1.35. The topological polar surface area (TPSA) is 46.3 Å². The van der Waals surface area contributed by atoms with Gasteiger partial charge in [-0.2, -0.15) is 0 Å². The van der Waals surface area contributed by atoms with Gasteiger partial charge in [-0.1, -0.05) is 38.1 Å². The second-order valence-electron chi connectivity index (χ2n) is 6.62. The number of hydrogen-bond donors (Lipinski definition) is 1. The van der Waals surface area contributed by atoms with Gasteiger partial charge in [-0.15, -0.1) is 0 Å². The van der Waals surface area contributed by atoms with Crippen molar-refractivity contribution in [3.63, 3.8) is 0 Å². The van der Waals surface area contributed by atoms with E-state index in [1.807, 2.05) is 4.90 Å². The second-order valence-corrected chi connectivity index (χ2v) is 6.62.